The number of carbonyl (C=O) groups excluding carboxylic acids is 1. The molecule has 3 atom stereocenters. The Bertz CT molecular complexity index is 637. The van der Waals surface area contributed by atoms with Crippen molar-refractivity contribution in [1.29, 1.82) is 0 Å². The number of rotatable bonds is 27. The van der Waals surface area contributed by atoms with E-state index >= 15 is 0 Å². The lowest BCUT2D eigenvalue weighted by Gasteiger charge is -2.43. The van der Waals surface area contributed by atoms with Crippen molar-refractivity contribution in [2.75, 3.05) is 26.2 Å². The fourth-order valence-electron chi connectivity index (χ4n) is 5.52. The van der Waals surface area contributed by atoms with Crippen LogP contribution in [0.2, 0.25) is 0 Å². The van der Waals surface area contributed by atoms with E-state index in [4.69, 9.17) is 0 Å². The van der Waals surface area contributed by atoms with Gasteiger partial charge in [-0.1, -0.05) is 90.2 Å². The Labute approximate surface area is 238 Å². The van der Waals surface area contributed by atoms with Gasteiger partial charge < -0.3 is 24.6 Å². The number of allylic oxidation sites excluding steroid dienone is 2. The summed E-state index contributed by atoms with van der Waals surface area (Å²) in [6.45, 7) is 8.23. The van der Waals surface area contributed by atoms with Crippen molar-refractivity contribution in [3.63, 3.8) is 0 Å². The van der Waals surface area contributed by atoms with Gasteiger partial charge in [0.1, 0.15) is 11.8 Å². The Kier molecular flexibility index (Phi) is 21.8. The van der Waals surface area contributed by atoms with E-state index in [1.807, 2.05) is 0 Å². The number of nitrogens with zero attached hydrogens (tertiary/aromatic N) is 1. The number of carbonyl (C=O) groups is 3. The maximum Gasteiger partial charge on any atom is 0.311 e. The number of aliphatic carboxylic acids is 3. The molecule has 0 amide bonds. The molecular weight excluding hydrogens is 494 g/mol. The van der Waals surface area contributed by atoms with Crippen molar-refractivity contribution in [3.8, 4) is 0 Å². The molecule has 0 spiro atoms. The van der Waals surface area contributed by atoms with Gasteiger partial charge in [0.15, 0.2) is 0 Å². The number of carboxylic acids is 3. The van der Waals surface area contributed by atoms with Crippen molar-refractivity contribution in [1.82, 2.24) is 0 Å². The highest BCUT2D eigenvalue weighted by molar-refractivity contribution is 5.70. The number of carboxylic acid groups (broad SMARTS) is 3. The van der Waals surface area contributed by atoms with E-state index in [1.54, 1.807) is 20.8 Å². The minimum Gasteiger partial charge on any atom is -0.550 e. The first-order valence-electron chi connectivity index (χ1n) is 15.7. The summed E-state index contributed by atoms with van der Waals surface area (Å²) in [5, 5.41) is 30.5. The molecule has 7 nitrogen and oxygen atoms in total. The normalized spacial score (nSPS) is 15.6. The lowest BCUT2D eigenvalue weighted by molar-refractivity contribution is -0.934. The van der Waals surface area contributed by atoms with Crippen LogP contribution in [0.3, 0.4) is 0 Å². The van der Waals surface area contributed by atoms with Gasteiger partial charge in [0.05, 0.1) is 26.2 Å². The first kappa shape index (κ1) is 37.1. The van der Waals surface area contributed by atoms with E-state index in [0.29, 0.717) is 6.54 Å². The van der Waals surface area contributed by atoms with Crippen LogP contribution in [0.5, 0.6) is 0 Å². The SMILES string of the molecule is CCCCC/C=C/CCCCCCCCCCCCC[N+](CC(C)C(=O)[O-])(CC(C)C(=O)O)CC(C)C(=O)O. The molecule has 0 aromatic rings. The van der Waals surface area contributed by atoms with Gasteiger partial charge in [0, 0.05) is 11.9 Å². The van der Waals surface area contributed by atoms with Crippen molar-refractivity contribution in [3.05, 3.63) is 12.2 Å². The molecule has 0 bridgehead atoms. The summed E-state index contributed by atoms with van der Waals surface area (Å²) in [7, 11) is 0. The van der Waals surface area contributed by atoms with Crippen LogP contribution in [0, 0.1) is 17.8 Å². The number of unbranched alkanes of at least 4 members (excludes halogenated alkanes) is 14. The highest BCUT2D eigenvalue weighted by Gasteiger charge is 2.36. The summed E-state index contributed by atoms with van der Waals surface area (Å²) >= 11 is 0. The minimum absolute atomic E-state index is 0.185. The van der Waals surface area contributed by atoms with Gasteiger partial charge in [-0.25, -0.2) is 0 Å². The van der Waals surface area contributed by atoms with Crippen LogP contribution in [0.15, 0.2) is 12.2 Å². The lowest BCUT2D eigenvalue weighted by atomic mass is 10.00. The molecule has 0 aliphatic carbocycles. The van der Waals surface area contributed by atoms with Gasteiger partial charge in [-0.15, -0.1) is 0 Å². The van der Waals surface area contributed by atoms with Crippen LogP contribution in [0.25, 0.3) is 0 Å². The Morgan fingerprint density at radius 3 is 1.36 bits per heavy atom. The first-order chi connectivity index (χ1) is 18.5. The van der Waals surface area contributed by atoms with Crippen LogP contribution in [-0.4, -0.2) is 58.8 Å². The maximum atomic E-state index is 11.6. The summed E-state index contributed by atoms with van der Waals surface area (Å²) < 4.78 is 0.185. The predicted molar refractivity (Wildman–Crippen MR) is 156 cm³/mol. The van der Waals surface area contributed by atoms with Crippen LogP contribution >= 0.6 is 0 Å². The highest BCUT2D eigenvalue weighted by atomic mass is 16.4. The van der Waals surface area contributed by atoms with Gasteiger partial charge >= 0.3 is 11.9 Å². The Morgan fingerprint density at radius 2 is 0.974 bits per heavy atom. The second kappa shape index (κ2) is 22.9. The van der Waals surface area contributed by atoms with Crippen LogP contribution < -0.4 is 5.11 Å². The molecule has 0 radical (unpaired) electrons. The monoisotopic (exact) mass is 553 g/mol. The first-order valence-corrected chi connectivity index (χ1v) is 15.7. The molecule has 0 saturated carbocycles. The fraction of sp³-hybridized carbons (Fsp3) is 0.844. The summed E-state index contributed by atoms with van der Waals surface area (Å²) in [6.07, 6.45) is 24.1. The summed E-state index contributed by atoms with van der Waals surface area (Å²) in [4.78, 5) is 34.7. The van der Waals surface area contributed by atoms with E-state index in [0.717, 1.165) is 25.7 Å². The molecule has 0 aromatic heterocycles. The van der Waals surface area contributed by atoms with Gasteiger partial charge in [-0.3, -0.25) is 9.59 Å². The topological polar surface area (TPSA) is 115 Å². The van der Waals surface area contributed by atoms with E-state index in [-0.39, 0.29) is 24.1 Å². The number of quaternary nitrogens is 1. The third kappa shape index (κ3) is 19.8. The Balaban J connectivity index is 4.36. The van der Waals surface area contributed by atoms with Crippen LogP contribution in [-0.2, 0) is 14.4 Å². The molecule has 0 heterocycles. The van der Waals surface area contributed by atoms with Crippen molar-refractivity contribution < 1.29 is 34.2 Å². The van der Waals surface area contributed by atoms with Gasteiger partial charge in [0.2, 0.25) is 0 Å². The van der Waals surface area contributed by atoms with E-state index in [1.165, 1.54) is 77.0 Å². The summed E-state index contributed by atoms with van der Waals surface area (Å²) in [5.41, 5.74) is 0. The second-order valence-electron chi connectivity index (χ2n) is 12.0. The van der Waals surface area contributed by atoms with E-state index in [2.05, 4.69) is 19.1 Å². The molecule has 2 N–H and O–H groups in total. The molecule has 0 saturated heterocycles. The zero-order valence-corrected chi connectivity index (χ0v) is 25.5. The van der Waals surface area contributed by atoms with E-state index in [9.17, 15) is 29.7 Å². The Hall–Kier alpha value is -1.89. The lowest BCUT2D eigenvalue weighted by Crippen LogP contribution is -2.58. The molecule has 0 aliphatic rings. The average Bonchev–Trinajstić information content (AvgIpc) is 2.87. The van der Waals surface area contributed by atoms with Crippen LogP contribution in [0.1, 0.15) is 130 Å². The van der Waals surface area contributed by atoms with Crippen molar-refractivity contribution in [2.24, 2.45) is 17.8 Å². The van der Waals surface area contributed by atoms with Gasteiger partial charge in [-0.2, -0.15) is 0 Å². The van der Waals surface area contributed by atoms with Crippen molar-refractivity contribution >= 4 is 17.9 Å². The molecule has 228 valence electrons. The van der Waals surface area contributed by atoms with Gasteiger partial charge in [0.25, 0.3) is 0 Å². The molecule has 0 fully saturated rings. The fourth-order valence-corrected chi connectivity index (χ4v) is 5.52. The zero-order chi connectivity index (χ0) is 29.5. The smallest absolute Gasteiger partial charge is 0.311 e. The third-order valence-electron chi connectivity index (χ3n) is 7.87. The summed E-state index contributed by atoms with van der Waals surface area (Å²) in [6, 6.07) is 0. The van der Waals surface area contributed by atoms with E-state index < -0.39 is 35.7 Å². The highest BCUT2D eigenvalue weighted by Crippen LogP contribution is 2.22. The van der Waals surface area contributed by atoms with Gasteiger partial charge in [-0.05, 0) is 52.4 Å². The molecule has 3 unspecified atom stereocenters. The standard InChI is InChI=1S/C32H59NO6/c1-5-6-7-8-9-10-11-12-13-14-15-16-17-18-19-20-21-22-23-33(24-27(2)30(34)35,25-28(3)31(36)37)26-29(4)32(38)39/h9-10,27-29H,5-8,11-26H2,1-4H3,(H2-,34,35,36,37,38,39)/b10-9+. The minimum atomic E-state index is -1.18. The maximum absolute atomic E-state index is 11.6. The zero-order valence-electron chi connectivity index (χ0n) is 25.5. The molecular formula is C32H59NO6. The number of hydrogen-bond acceptors (Lipinski definition) is 4. The quantitative estimate of drug-likeness (QED) is 0.0686. The van der Waals surface area contributed by atoms with Crippen molar-refractivity contribution in [2.45, 2.75) is 130 Å². The largest absolute Gasteiger partial charge is 0.550 e. The molecule has 7 heteroatoms. The Morgan fingerprint density at radius 1 is 0.615 bits per heavy atom. The van der Waals surface area contributed by atoms with Crippen LogP contribution in [0.4, 0.5) is 0 Å². The molecule has 39 heavy (non-hydrogen) atoms. The number of hydrogen-bond donors (Lipinski definition) is 2. The molecule has 0 rings (SSSR count). The summed E-state index contributed by atoms with van der Waals surface area (Å²) in [5.74, 6) is -5.23. The molecule has 0 aliphatic heterocycles. The average molecular weight is 554 g/mol. The third-order valence-corrected chi connectivity index (χ3v) is 7.87. The predicted octanol–water partition coefficient (Wildman–Crippen LogP) is 6.45. The molecule has 0 aromatic carbocycles. The second-order valence-corrected chi connectivity index (χ2v) is 12.0.